The number of fused-ring (bicyclic) bond motifs is 1. The molecule has 0 spiro atoms. The van der Waals surface area contributed by atoms with Crippen molar-refractivity contribution in [2.24, 2.45) is 0 Å². The lowest BCUT2D eigenvalue weighted by Crippen LogP contribution is -2.43. The Kier molecular flexibility index (Phi) is 5.87. The zero-order valence-electron chi connectivity index (χ0n) is 17.1. The third-order valence-electron chi connectivity index (χ3n) is 5.16. The summed E-state index contributed by atoms with van der Waals surface area (Å²) in [6.07, 6.45) is 5.26. The van der Waals surface area contributed by atoms with E-state index in [4.69, 9.17) is 9.68 Å². The molecule has 33 heavy (non-hydrogen) atoms. The second-order valence-electron chi connectivity index (χ2n) is 7.54. The van der Waals surface area contributed by atoms with Gasteiger partial charge in [-0.1, -0.05) is 0 Å². The summed E-state index contributed by atoms with van der Waals surface area (Å²) in [4.78, 5) is 29.7. The van der Waals surface area contributed by atoms with Crippen molar-refractivity contribution in [3.63, 3.8) is 0 Å². The molecule has 1 aliphatic heterocycles. The molecule has 2 aromatic heterocycles. The number of carbonyl (C=O) groups is 2. The Morgan fingerprint density at radius 3 is 2.91 bits per heavy atom. The number of aromatic nitrogens is 1. The minimum Gasteiger partial charge on any atom is -0.457 e. The van der Waals surface area contributed by atoms with Crippen LogP contribution < -0.4 is 5.32 Å². The minimum absolute atomic E-state index is 0.194. The minimum atomic E-state index is -3.13. The summed E-state index contributed by atoms with van der Waals surface area (Å²) < 4.78 is 46.1. The van der Waals surface area contributed by atoms with Crippen molar-refractivity contribution in [2.75, 3.05) is 13.1 Å². The number of hydrogen-bond acceptors (Lipinski definition) is 5. The van der Waals surface area contributed by atoms with Crippen molar-refractivity contribution in [1.29, 1.82) is 5.26 Å². The van der Waals surface area contributed by atoms with Crippen LogP contribution in [0.4, 0.5) is 13.2 Å². The molecule has 4 rings (SSSR count). The molecular weight excluding hydrogens is 437 g/mol. The zero-order chi connectivity index (χ0) is 23.6. The highest BCUT2D eigenvalue weighted by atomic mass is 19.3. The van der Waals surface area contributed by atoms with Crippen molar-refractivity contribution in [2.45, 2.75) is 18.4 Å². The second-order valence-corrected chi connectivity index (χ2v) is 7.54. The molecule has 3 heterocycles. The van der Waals surface area contributed by atoms with Gasteiger partial charge in [0.05, 0.1) is 19.2 Å². The van der Waals surface area contributed by atoms with Crippen LogP contribution in [0.3, 0.4) is 0 Å². The molecule has 1 aromatic carbocycles. The lowest BCUT2D eigenvalue weighted by molar-refractivity contribution is -0.131. The molecule has 1 N–H and O–H groups in total. The zero-order valence-corrected chi connectivity index (χ0v) is 17.1. The van der Waals surface area contributed by atoms with E-state index in [0.29, 0.717) is 22.3 Å². The van der Waals surface area contributed by atoms with E-state index in [9.17, 15) is 22.8 Å². The molecule has 1 saturated heterocycles. The van der Waals surface area contributed by atoms with Crippen LogP contribution in [-0.4, -0.2) is 46.8 Å². The first-order chi connectivity index (χ1) is 15.8. The highest BCUT2D eigenvalue weighted by Crippen LogP contribution is 2.31. The number of hydrogen-bond donors (Lipinski definition) is 1. The topological polar surface area (TPSA) is 99.2 Å². The van der Waals surface area contributed by atoms with Gasteiger partial charge in [-0.25, -0.2) is 13.2 Å². The predicted octanol–water partition coefficient (Wildman–Crippen LogP) is 3.63. The SMILES string of the molecule is N#CC1CC(F)(F)CN1C(=O)CNC(=O)c1ccncc1/C=C/c1cc2cc(F)ccc2o1. The molecule has 1 aliphatic rings. The molecule has 7 nitrogen and oxygen atoms in total. The summed E-state index contributed by atoms with van der Waals surface area (Å²) in [6.45, 7) is -1.39. The Morgan fingerprint density at radius 2 is 2.12 bits per heavy atom. The molecule has 0 saturated carbocycles. The summed E-state index contributed by atoms with van der Waals surface area (Å²) in [5.74, 6) is -4.48. The van der Waals surface area contributed by atoms with Gasteiger partial charge in [-0.05, 0) is 42.5 Å². The maximum Gasteiger partial charge on any atom is 0.268 e. The number of amides is 2. The predicted molar refractivity (Wildman–Crippen MR) is 112 cm³/mol. The van der Waals surface area contributed by atoms with E-state index in [-0.39, 0.29) is 5.56 Å². The number of likely N-dealkylation sites (tertiary alicyclic amines) is 1. The van der Waals surface area contributed by atoms with E-state index in [1.54, 1.807) is 24.3 Å². The first-order valence-electron chi connectivity index (χ1n) is 9.92. The van der Waals surface area contributed by atoms with E-state index in [1.807, 2.05) is 0 Å². The maximum atomic E-state index is 13.5. The van der Waals surface area contributed by atoms with Gasteiger partial charge in [-0.3, -0.25) is 14.6 Å². The first-order valence-corrected chi connectivity index (χ1v) is 9.92. The summed E-state index contributed by atoms with van der Waals surface area (Å²) in [5.41, 5.74) is 1.11. The normalized spacial score (nSPS) is 17.4. The largest absolute Gasteiger partial charge is 0.457 e. The molecule has 1 fully saturated rings. The van der Waals surface area contributed by atoms with E-state index in [0.717, 1.165) is 4.90 Å². The fraction of sp³-hybridized carbons (Fsp3) is 0.217. The van der Waals surface area contributed by atoms with E-state index in [2.05, 4.69) is 10.3 Å². The average molecular weight is 454 g/mol. The molecule has 0 bridgehead atoms. The maximum absolute atomic E-state index is 13.5. The number of nitrogens with one attached hydrogen (secondary N) is 1. The van der Waals surface area contributed by atoms with Crippen LogP contribution in [-0.2, 0) is 4.79 Å². The number of alkyl halides is 2. The molecule has 1 unspecified atom stereocenters. The van der Waals surface area contributed by atoms with E-state index < -0.39 is 49.1 Å². The Bertz CT molecular complexity index is 1300. The lowest BCUT2D eigenvalue weighted by atomic mass is 10.1. The van der Waals surface area contributed by atoms with Crippen LogP contribution in [0.5, 0.6) is 0 Å². The van der Waals surface area contributed by atoms with Gasteiger partial charge in [0.2, 0.25) is 5.91 Å². The number of rotatable bonds is 5. The van der Waals surface area contributed by atoms with Crippen molar-refractivity contribution in [3.05, 3.63) is 65.4 Å². The fourth-order valence-corrected chi connectivity index (χ4v) is 3.58. The molecule has 10 heteroatoms. The van der Waals surface area contributed by atoms with Crippen LogP contribution in [0.15, 0.2) is 47.1 Å². The van der Waals surface area contributed by atoms with Crippen molar-refractivity contribution in [3.8, 4) is 6.07 Å². The summed E-state index contributed by atoms with van der Waals surface area (Å²) in [5, 5.41) is 12.0. The molecule has 0 radical (unpaired) electrons. The summed E-state index contributed by atoms with van der Waals surface area (Å²) >= 11 is 0. The Hall–Kier alpha value is -4.13. The number of nitrogens with zero attached hydrogens (tertiary/aromatic N) is 3. The highest BCUT2D eigenvalue weighted by molar-refractivity contribution is 6.00. The number of carbonyl (C=O) groups excluding carboxylic acids is 2. The van der Waals surface area contributed by atoms with Crippen LogP contribution in [0.25, 0.3) is 23.1 Å². The van der Waals surface area contributed by atoms with Gasteiger partial charge in [0.15, 0.2) is 0 Å². The average Bonchev–Trinajstić information content (AvgIpc) is 3.34. The summed E-state index contributed by atoms with van der Waals surface area (Å²) in [7, 11) is 0. The first kappa shape index (κ1) is 22.1. The molecular formula is C23H17F3N4O3. The molecule has 0 aliphatic carbocycles. The van der Waals surface area contributed by atoms with Gasteiger partial charge in [-0.15, -0.1) is 0 Å². The van der Waals surface area contributed by atoms with Gasteiger partial charge >= 0.3 is 0 Å². The number of nitriles is 1. The van der Waals surface area contributed by atoms with Gasteiger partial charge in [-0.2, -0.15) is 5.26 Å². The Labute approximate surface area is 186 Å². The molecule has 168 valence electrons. The third-order valence-corrected chi connectivity index (χ3v) is 5.16. The van der Waals surface area contributed by atoms with Gasteiger partial charge in [0.25, 0.3) is 11.8 Å². The highest BCUT2D eigenvalue weighted by Gasteiger charge is 2.47. The number of benzene rings is 1. The Morgan fingerprint density at radius 1 is 1.30 bits per heavy atom. The van der Waals surface area contributed by atoms with E-state index in [1.165, 1.54) is 36.7 Å². The molecule has 1 atom stereocenters. The molecule has 2 amide bonds. The smallest absolute Gasteiger partial charge is 0.268 e. The molecule has 3 aromatic rings. The van der Waals surface area contributed by atoms with Crippen LogP contribution in [0.1, 0.15) is 28.1 Å². The van der Waals surface area contributed by atoms with Crippen LogP contribution in [0.2, 0.25) is 0 Å². The van der Waals surface area contributed by atoms with Gasteiger partial charge in [0, 0.05) is 35.3 Å². The van der Waals surface area contributed by atoms with Gasteiger partial charge in [0.1, 0.15) is 23.2 Å². The lowest BCUT2D eigenvalue weighted by Gasteiger charge is -2.19. The summed E-state index contributed by atoms with van der Waals surface area (Å²) in [6, 6.07) is 7.66. The number of furan rings is 1. The third kappa shape index (κ3) is 4.87. The Balaban J connectivity index is 1.45. The van der Waals surface area contributed by atoms with Crippen molar-refractivity contribution in [1.82, 2.24) is 15.2 Å². The van der Waals surface area contributed by atoms with Gasteiger partial charge < -0.3 is 14.6 Å². The quantitative estimate of drug-likeness (QED) is 0.635. The van der Waals surface area contributed by atoms with Crippen LogP contribution in [0, 0.1) is 17.1 Å². The van der Waals surface area contributed by atoms with E-state index >= 15 is 0 Å². The van der Waals surface area contributed by atoms with Crippen LogP contribution >= 0.6 is 0 Å². The van der Waals surface area contributed by atoms with Crippen molar-refractivity contribution >= 4 is 34.9 Å². The number of pyridine rings is 1. The fourth-order valence-electron chi connectivity index (χ4n) is 3.58. The van der Waals surface area contributed by atoms with Crippen molar-refractivity contribution < 1.29 is 27.2 Å². The standard InChI is InChI=1S/C23H17F3N4O3/c24-16-2-4-20-15(7-16)8-18(33-20)3-1-14-11-28-6-5-19(14)22(32)29-12-21(31)30-13-23(25,26)9-17(30)10-27/h1-8,11,17H,9,12-13H2,(H,29,32)/b3-1+. The monoisotopic (exact) mass is 454 g/mol. The number of halogens is 3. The second kappa shape index (κ2) is 8.78.